The molecule has 0 saturated heterocycles. The van der Waals surface area contributed by atoms with Gasteiger partial charge in [0, 0.05) is 0 Å². The first-order valence-electron chi connectivity index (χ1n) is 5.04. The van der Waals surface area contributed by atoms with Crippen LogP contribution >= 0.6 is 0 Å². The van der Waals surface area contributed by atoms with Crippen LogP contribution in [0.15, 0.2) is 0 Å². The number of rotatable bonds is 3. The highest BCUT2D eigenvalue weighted by Gasteiger charge is 2.07. The van der Waals surface area contributed by atoms with E-state index in [1.165, 1.54) is 6.42 Å². The first-order valence-corrected chi connectivity index (χ1v) is 5.04. The van der Waals surface area contributed by atoms with Gasteiger partial charge in [-0.2, -0.15) is 0 Å². The molecule has 0 aromatic carbocycles. The Labute approximate surface area is 73.4 Å². The zero-order valence-electron chi connectivity index (χ0n) is 9.44. The van der Waals surface area contributed by atoms with Gasteiger partial charge in [0.25, 0.3) is 0 Å². The summed E-state index contributed by atoms with van der Waals surface area (Å²) in [6.45, 7) is 15.5. The third kappa shape index (κ3) is 10.0. The Morgan fingerprint density at radius 3 is 1.27 bits per heavy atom. The Hall–Kier alpha value is 0. The van der Waals surface area contributed by atoms with Gasteiger partial charge >= 0.3 is 0 Å². The van der Waals surface area contributed by atoms with Crippen molar-refractivity contribution in [1.29, 1.82) is 0 Å². The molecule has 0 amide bonds. The van der Waals surface area contributed by atoms with Gasteiger partial charge in [0.2, 0.25) is 0 Å². The van der Waals surface area contributed by atoms with Gasteiger partial charge in [0.1, 0.15) is 0 Å². The predicted octanol–water partition coefficient (Wildman–Crippen LogP) is 4.35. The van der Waals surface area contributed by atoms with E-state index in [4.69, 9.17) is 0 Å². The fraction of sp³-hybridized carbons (Fsp3) is 1.00. The predicted molar refractivity (Wildman–Crippen MR) is 54.8 cm³/mol. The van der Waals surface area contributed by atoms with E-state index in [0.717, 1.165) is 17.8 Å². The van der Waals surface area contributed by atoms with Gasteiger partial charge in [-0.1, -0.05) is 48.5 Å². The van der Waals surface area contributed by atoms with Crippen LogP contribution < -0.4 is 0 Å². The fourth-order valence-electron chi connectivity index (χ4n) is 1.02. The van der Waals surface area contributed by atoms with Crippen molar-refractivity contribution in [2.75, 3.05) is 0 Å². The number of hydrogen-bond acceptors (Lipinski definition) is 0. The Bertz CT molecular complexity index is 62.4. The Kier molecular flexibility index (Phi) is 10.0. The van der Waals surface area contributed by atoms with E-state index in [1.54, 1.807) is 0 Å². The van der Waals surface area contributed by atoms with Crippen LogP contribution in [0, 0.1) is 17.8 Å². The molecule has 0 N–H and O–H groups in total. The Morgan fingerprint density at radius 1 is 0.818 bits per heavy atom. The highest BCUT2D eigenvalue weighted by atomic mass is 14.1. The minimum atomic E-state index is 0.854. The van der Waals surface area contributed by atoms with Crippen molar-refractivity contribution < 1.29 is 0 Å². The van der Waals surface area contributed by atoms with Crippen LogP contribution in [0.3, 0.4) is 0 Å². The molecular weight excluding hydrogens is 132 g/mol. The maximum Gasteiger partial charge on any atom is -0.0417 e. The summed E-state index contributed by atoms with van der Waals surface area (Å²) in [7, 11) is 0. The highest BCUT2D eigenvalue weighted by molar-refractivity contribution is 4.58. The first-order chi connectivity index (χ1) is 5.04. The molecule has 11 heavy (non-hydrogen) atoms. The Balaban J connectivity index is 0. The van der Waals surface area contributed by atoms with E-state index in [-0.39, 0.29) is 0 Å². The molecule has 0 aliphatic heterocycles. The van der Waals surface area contributed by atoms with Gasteiger partial charge in [-0.25, -0.2) is 0 Å². The van der Waals surface area contributed by atoms with Crippen LogP contribution in [0.4, 0.5) is 0 Å². The summed E-state index contributed by atoms with van der Waals surface area (Å²) < 4.78 is 0. The smallest absolute Gasteiger partial charge is 0.0417 e. The molecular formula is C11H26. The molecule has 0 aliphatic rings. The molecule has 0 aromatic rings. The van der Waals surface area contributed by atoms with Gasteiger partial charge in [0.05, 0.1) is 0 Å². The molecule has 0 fully saturated rings. The molecule has 0 heteroatoms. The average molecular weight is 158 g/mol. The second-order valence-electron chi connectivity index (χ2n) is 3.85. The molecule has 0 rings (SSSR count). The lowest BCUT2D eigenvalue weighted by Gasteiger charge is -2.16. The van der Waals surface area contributed by atoms with E-state index in [0.29, 0.717) is 0 Å². The Morgan fingerprint density at radius 2 is 1.18 bits per heavy atom. The van der Waals surface area contributed by atoms with E-state index in [9.17, 15) is 0 Å². The fourth-order valence-corrected chi connectivity index (χ4v) is 1.02. The van der Waals surface area contributed by atoms with Crippen molar-refractivity contribution in [2.24, 2.45) is 17.8 Å². The molecule has 0 spiro atoms. The lowest BCUT2D eigenvalue weighted by atomic mass is 9.90. The van der Waals surface area contributed by atoms with Crippen LogP contribution in [-0.2, 0) is 0 Å². The summed E-state index contributed by atoms with van der Waals surface area (Å²) in [6.07, 6.45) is 1.37. The second-order valence-corrected chi connectivity index (χ2v) is 3.85. The zero-order chi connectivity index (χ0) is 9.44. The summed E-state index contributed by atoms with van der Waals surface area (Å²) >= 11 is 0. The summed E-state index contributed by atoms with van der Waals surface area (Å²) in [5.74, 6) is 2.61. The molecule has 0 bridgehead atoms. The minimum Gasteiger partial charge on any atom is -0.0683 e. The molecule has 70 valence electrons. The molecule has 0 radical (unpaired) electrons. The van der Waals surface area contributed by atoms with E-state index in [1.807, 2.05) is 13.8 Å². The van der Waals surface area contributed by atoms with Crippen molar-refractivity contribution in [1.82, 2.24) is 0 Å². The molecule has 1 unspecified atom stereocenters. The van der Waals surface area contributed by atoms with Gasteiger partial charge in [-0.15, -0.1) is 0 Å². The molecule has 0 aromatic heterocycles. The van der Waals surface area contributed by atoms with Crippen molar-refractivity contribution in [3.05, 3.63) is 0 Å². The van der Waals surface area contributed by atoms with Crippen LogP contribution in [0.25, 0.3) is 0 Å². The van der Waals surface area contributed by atoms with Gasteiger partial charge in [-0.05, 0) is 24.2 Å². The summed E-state index contributed by atoms with van der Waals surface area (Å²) in [5, 5.41) is 0. The van der Waals surface area contributed by atoms with Crippen molar-refractivity contribution >= 4 is 0 Å². The molecule has 1 atom stereocenters. The second kappa shape index (κ2) is 8.10. The van der Waals surface area contributed by atoms with Crippen LogP contribution in [0.1, 0.15) is 54.9 Å². The largest absolute Gasteiger partial charge is 0.0683 e. The van der Waals surface area contributed by atoms with E-state index in [2.05, 4.69) is 34.6 Å². The van der Waals surface area contributed by atoms with E-state index >= 15 is 0 Å². The molecule has 0 saturated carbocycles. The van der Waals surface area contributed by atoms with Crippen LogP contribution in [-0.4, -0.2) is 0 Å². The van der Waals surface area contributed by atoms with Gasteiger partial charge in [-0.3, -0.25) is 0 Å². The lowest BCUT2D eigenvalue weighted by molar-refractivity contribution is 0.344. The van der Waals surface area contributed by atoms with Crippen LogP contribution in [0.2, 0.25) is 0 Å². The molecule has 0 heterocycles. The number of hydrogen-bond donors (Lipinski definition) is 0. The SMILES string of the molecule is CC.CC(C)CC(C)C(C)C. The quantitative estimate of drug-likeness (QED) is 0.573. The first kappa shape index (κ1) is 13.6. The molecule has 0 nitrogen and oxygen atoms in total. The third-order valence-corrected chi connectivity index (χ3v) is 1.98. The average Bonchev–Trinajstić information content (AvgIpc) is 1.90. The highest BCUT2D eigenvalue weighted by Crippen LogP contribution is 2.18. The zero-order valence-corrected chi connectivity index (χ0v) is 9.44. The van der Waals surface area contributed by atoms with Gasteiger partial charge < -0.3 is 0 Å². The lowest BCUT2D eigenvalue weighted by Crippen LogP contribution is -2.06. The van der Waals surface area contributed by atoms with Crippen molar-refractivity contribution in [3.63, 3.8) is 0 Å². The standard InChI is InChI=1S/C9H20.C2H6/c1-7(2)6-9(5)8(3)4;1-2/h7-9H,6H2,1-5H3;1-2H3. The molecule has 0 aliphatic carbocycles. The van der Waals surface area contributed by atoms with Crippen molar-refractivity contribution in [3.8, 4) is 0 Å². The summed E-state index contributed by atoms with van der Waals surface area (Å²) in [4.78, 5) is 0. The third-order valence-electron chi connectivity index (χ3n) is 1.98. The van der Waals surface area contributed by atoms with Crippen LogP contribution in [0.5, 0.6) is 0 Å². The normalized spacial score (nSPS) is 12.8. The van der Waals surface area contributed by atoms with Crippen molar-refractivity contribution in [2.45, 2.75) is 54.9 Å². The topological polar surface area (TPSA) is 0 Å². The maximum absolute atomic E-state index is 2.34. The minimum absolute atomic E-state index is 0.854. The summed E-state index contributed by atoms with van der Waals surface area (Å²) in [5.41, 5.74) is 0. The van der Waals surface area contributed by atoms with E-state index < -0.39 is 0 Å². The monoisotopic (exact) mass is 158 g/mol. The van der Waals surface area contributed by atoms with Gasteiger partial charge in [0.15, 0.2) is 0 Å². The summed E-state index contributed by atoms with van der Waals surface area (Å²) in [6, 6.07) is 0. The maximum atomic E-state index is 2.34.